The molecule has 0 bridgehead atoms. The van der Waals surface area contributed by atoms with E-state index in [1.807, 2.05) is 0 Å². The Morgan fingerprint density at radius 1 is 0.615 bits per heavy atom. The zero-order chi connectivity index (χ0) is 38.5. The maximum atomic E-state index is 12.2. The fraction of sp³-hybridized carbons (Fsp3) is 0.725. The van der Waals surface area contributed by atoms with Gasteiger partial charge in [-0.3, -0.25) is 18.6 Å². The summed E-state index contributed by atoms with van der Waals surface area (Å²) in [5, 5.41) is 21.7. The van der Waals surface area contributed by atoms with Gasteiger partial charge in [-0.2, -0.15) is 0 Å². The van der Waals surface area contributed by atoms with Crippen molar-refractivity contribution in [3.05, 3.63) is 48.6 Å². The summed E-state index contributed by atoms with van der Waals surface area (Å²) >= 11 is 0. The zero-order valence-electron chi connectivity index (χ0n) is 32.1. The summed E-state index contributed by atoms with van der Waals surface area (Å²) in [5.74, 6) is -2.42. The molecule has 0 fully saturated rings. The van der Waals surface area contributed by atoms with E-state index in [1.54, 1.807) is 0 Å². The van der Waals surface area contributed by atoms with E-state index in [2.05, 4.69) is 67.8 Å². The maximum Gasteiger partial charge on any atom is 0.472 e. The van der Waals surface area contributed by atoms with Crippen LogP contribution < -0.4 is 5.32 Å². The standard InChI is InChI=1S/C40H70NO10P/c1-3-5-7-9-11-13-15-17-18-20-22-24-26-28-30-32-39(44)49-33-36(42)34-50-52(47,48)51-35-37(40(45)46)41-38(43)31-29-27-25-23-21-19-16-14-12-10-8-6-4-2/h8,10-11,13-14,16-18,36-37,42H,3-7,9,12,15,19-35H2,1-2H3,(H,41,43)(H,45,46)(H,47,48)/b10-8-,13-11-,16-14-,18-17-. The van der Waals surface area contributed by atoms with Gasteiger partial charge in [0.15, 0.2) is 6.04 Å². The monoisotopic (exact) mass is 755 g/mol. The van der Waals surface area contributed by atoms with E-state index >= 15 is 0 Å². The van der Waals surface area contributed by atoms with Crippen LogP contribution in [0, 0.1) is 0 Å². The minimum absolute atomic E-state index is 0.127. The molecular weight excluding hydrogens is 685 g/mol. The maximum absolute atomic E-state index is 12.2. The second kappa shape index (κ2) is 35.5. The predicted molar refractivity (Wildman–Crippen MR) is 208 cm³/mol. The number of amides is 1. The lowest BCUT2D eigenvalue weighted by Crippen LogP contribution is -2.43. The van der Waals surface area contributed by atoms with Gasteiger partial charge in [0.05, 0.1) is 13.2 Å². The molecular formula is C40H70NO10P. The van der Waals surface area contributed by atoms with Crippen LogP contribution in [0.2, 0.25) is 0 Å². The van der Waals surface area contributed by atoms with Crippen LogP contribution in [-0.2, 0) is 32.7 Å². The van der Waals surface area contributed by atoms with Crippen molar-refractivity contribution < 1.29 is 47.8 Å². The van der Waals surface area contributed by atoms with Crippen LogP contribution in [0.15, 0.2) is 48.6 Å². The first-order valence-electron chi connectivity index (χ1n) is 19.7. The molecule has 0 saturated heterocycles. The molecule has 0 heterocycles. The van der Waals surface area contributed by atoms with Crippen molar-refractivity contribution in [2.45, 2.75) is 167 Å². The van der Waals surface area contributed by atoms with E-state index in [4.69, 9.17) is 13.8 Å². The number of allylic oxidation sites excluding steroid dienone is 8. The molecule has 0 aromatic carbocycles. The summed E-state index contributed by atoms with van der Waals surface area (Å²) in [6.07, 6.45) is 37.1. The molecule has 12 heteroatoms. The molecule has 300 valence electrons. The summed E-state index contributed by atoms with van der Waals surface area (Å²) in [5.41, 5.74) is 0. The van der Waals surface area contributed by atoms with E-state index in [1.165, 1.54) is 19.3 Å². The van der Waals surface area contributed by atoms with Crippen LogP contribution in [-0.4, -0.2) is 64.9 Å². The lowest BCUT2D eigenvalue weighted by molar-refractivity contribution is -0.147. The molecule has 52 heavy (non-hydrogen) atoms. The Morgan fingerprint density at radius 2 is 1.10 bits per heavy atom. The quantitative estimate of drug-likeness (QED) is 0.0209. The molecule has 3 atom stereocenters. The predicted octanol–water partition coefficient (Wildman–Crippen LogP) is 9.44. The van der Waals surface area contributed by atoms with E-state index in [-0.39, 0.29) is 12.8 Å². The first-order valence-corrected chi connectivity index (χ1v) is 21.2. The molecule has 0 aromatic heterocycles. The third-order valence-electron chi connectivity index (χ3n) is 8.07. The van der Waals surface area contributed by atoms with Crippen molar-refractivity contribution in [3.63, 3.8) is 0 Å². The third kappa shape index (κ3) is 34.5. The molecule has 0 radical (unpaired) electrons. The number of aliphatic carboxylic acids is 1. The van der Waals surface area contributed by atoms with Gasteiger partial charge >= 0.3 is 19.8 Å². The Hall–Kier alpha value is -2.56. The van der Waals surface area contributed by atoms with Crippen molar-refractivity contribution in [2.75, 3.05) is 19.8 Å². The SMILES string of the molecule is CCC/C=C\C/C=C\CCCCCCCC(=O)NC(COP(=O)(O)OCC(O)COC(=O)CCCCCCC/C=C\C/C=C\CCCCC)C(=O)O. The number of phosphoric ester groups is 1. The van der Waals surface area contributed by atoms with Gasteiger partial charge in [-0.25, -0.2) is 9.36 Å². The number of aliphatic hydroxyl groups is 1. The van der Waals surface area contributed by atoms with Gasteiger partial charge in [-0.15, -0.1) is 0 Å². The molecule has 1 amide bonds. The van der Waals surface area contributed by atoms with Crippen LogP contribution in [0.4, 0.5) is 0 Å². The number of carboxylic acid groups (broad SMARTS) is 1. The van der Waals surface area contributed by atoms with Crippen LogP contribution in [0.1, 0.15) is 155 Å². The van der Waals surface area contributed by atoms with E-state index < -0.39 is 57.6 Å². The van der Waals surface area contributed by atoms with E-state index in [0.717, 1.165) is 96.3 Å². The van der Waals surface area contributed by atoms with Crippen LogP contribution >= 0.6 is 7.82 Å². The molecule has 0 rings (SSSR count). The molecule has 0 aromatic rings. The van der Waals surface area contributed by atoms with Crippen molar-refractivity contribution >= 4 is 25.7 Å². The fourth-order valence-corrected chi connectivity index (χ4v) is 5.74. The highest BCUT2D eigenvalue weighted by Gasteiger charge is 2.28. The highest BCUT2D eigenvalue weighted by atomic mass is 31.2. The van der Waals surface area contributed by atoms with E-state index in [0.29, 0.717) is 12.8 Å². The van der Waals surface area contributed by atoms with Crippen LogP contribution in [0.5, 0.6) is 0 Å². The van der Waals surface area contributed by atoms with Crippen molar-refractivity contribution in [1.29, 1.82) is 0 Å². The molecule has 4 N–H and O–H groups in total. The minimum Gasteiger partial charge on any atom is -0.480 e. The summed E-state index contributed by atoms with van der Waals surface area (Å²) in [6, 6.07) is -1.56. The van der Waals surface area contributed by atoms with Gasteiger partial charge in [0.25, 0.3) is 0 Å². The number of hydrogen-bond acceptors (Lipinski definition) is 8. The smallest absolute Gasteiger partial charge is 0.472 e. The fourth-order valence-electron chi connectivity index (χ4n) is 4.97. The Morgan fingerprint density at radius 3 is 1.63 bits per heavy atom. The number of hydrogen-bond donors (Lipinski definition) is 4. The lowest BCUT2D eigenvalue weighted by Gasteiger charge is -2.18. The number of carboxylic acids is 1. The van der Waals surface area contributed by atoms with Gasteiger partial charge < -0.3 is 25.2 Å². The molecule has 3 unspecified atom stereocenters. The van der Waals surface area contributed by atoms with Crippen molar-refractivity contribution in [1.82, 2.24) is 5.32 Å². The van der Waals surface area contributed by atoms with Gasteiger partial charge in [0.1, 0.15) is 12.7 Å². The number of carbonyl (C=O) groups is 3. The summed E-state index contributed by atoms with van der Waals surface area (Å²) in [4.78, 5) is 45.7. The van der Waals surface area contributed by atoms with E-state index in [9.17, 15) is 34.1 Å². The first kappa shape index (κ1) is 49.4. The average molecular weight is 756 g/mol. The third-order valence-corrected chi connectivity index (χ3v) is 9.02. The summed E-state index contributed by atoms with van der Waals surface area (Å²) in [6.45, 7) is 2.45. The Kier molecular flexibility index (Phi) is 33.7. The summed E-state index contributed by atoms with van der Waals surface area (Å²) < 4.78 is 26.7. The highest BCUT2D eigenvalue weighted by Crippen LogP contribution is 2.43. The number of phosphoric acid groups is 1. The topological polar surface area (TPSA) is 169 Å². The second-order valence-corrected chi connectivity index (χ2v) is 14.6. The Labute approximate surface area is 314 Å². The van der Waals surface area contributed by atoms with Gasteiger partial charge in [-0.05, 0) is 70.6 Å². The molecule has 11 nitrogen and oxygen atoms in total. The normalized spacial score (nSPS) is 14.4. The molecule has 0 aliphatic carbocycles. The Bertz CT molecular complexity index is 1070. The summed E-state index contributed by atoms with van der Waals surface area (Å²) in [7, 11) is -4.76. The molecule has 0 spiro atoms. The molecule has 0 aliphatic heterocycles. The minimum atomic E-state index is -4.76. The highest BCUT2D eigenvalue weighted by molar-refractivity contribution is 7.47. The second-order valence-electron chi connectivity index (χ2n) is 13.1. The van der Waals surface area contributed by atoms with Crippen LogP contribution in [0.25, 0.3) is 0 Å². The molecule has 0 aliphatic rings. The first-order chi connectivity index (χ1) is 25.1. The van der Waals surface area contributed by atoms with Crippen molar-refractivity contribution in [2.24, 2.45) is 0 Å². The Balaban J connectivity index is 3.99. The number of esters is 1. The average Bonchev–Trinajstić information content (AvgIpc) is 3.11. The number of ether oxygens (including phenoxy) is 1. The number of nitrogens with one attached hydrogen (secondary N) is 1. The zero-order valence-corrected chi connectivity index (χ0v) is 33.0. The lowest BCUT2D eigenvalue weighted by atomic mass is 10.1. The largest absolute Gasteiger partial charge is 0.480 e. The van der Waals surface area contributed by atoms with Crippen molar-refractivity contribution in [3.8, 4) is 0 Å². The number of carbonyl (C=O) groups excluding carboxylic acids is 2. The van der Waals surface area contributed by atoms with Gasteiger partial charge in [0, 0.05) is 12.8 Å². The number of unbranched alkanes of at least 4 members (excludes halogenated alkanes) is 14. The number of rotatable bonds is 36. The number of aliphatic hydroxyl groups excluding tert-OH is 1. The van der Waals surface area contributed by atoms with Crippen LogP contribution in [0.3, 0.4) is 0 Å². The van der Waals surface area contributed by atoms with Gasteiger partial charge in [0.2, 0.25) is 5.91 Å². The van der Waals surface area contributed by atoms with Gasteiger partial charge in [-0.1, -0.05) is 120 Å². The molecule has 0 saturated carbocycles.